The molecule has 3 aromatic rings. The zero-order chi connectivity index (χ0) is 25.8. The molecule has 1 aromatic carbocycles. The first-order valence-corrected chi connectivity index (χ1v) is 12.6. The lowest BCUT2D eigenvalue weighted by atomic mass is 10.0. The maximum atomic E-state index is 11.9. The van der Waals surface area contributed by atoms with E-state index in [1.165, 1.54) is 0 Å². The number of nitriles is 1. The summed E-state index contributed by atoms with van der Waals surface area (Å²) in [7, 11) is 0. The molecule has 4 heterocycles. The SMILES string of the molecule is CCNC(=O)Nc1ccc(-c2nc3c(c(N4CCOC[C@@H]4C)n2)CCN(c2ccc(C#N)cn2)C3)cc1. The van der Waals surface area contributed by atoms with E-state index in [-0.39, 0.29) is 12.1 Å². The molecule has 2 amide bonds. The van der Waals surface area contributed by atoms with Crippen LogP contribution in [0.2, 0.25) is 0 Å². The van der Waals surface area contributed by atoms with Crippen molar-refractivity contribution >= 4 is 23.4 Å². The van der Waals surface area contributed by atoms with E-state index in [1.807, 2.05) is 37.3 Å². The average molecular weight is 499 g/mol. The second-order valence-corrected chi connectivity index (χ2v) is 9.16. The van der Waals surface area contributed by atoms with Crippen LogP contribution in [-0.4, -0.2) is 59.9 Å². The second-order valence-electron chi connectivity index (χ2n) is 9.16. The molecule has 10 heteroatoms. The molecular weight excluding hydrogens is 468 g/mol. The predicted molar refractivity (Wildman–Crippen MR) is 141 cm³/mol. The molecule has 2 aliphatic rings. The van der Waals surface area contributed by atoms with Gasteiger partial charge in [0.05, 0.1) is 37.1 Å². The molecule has 10 nitrogen and oxygen atoms in total. The fraction of sp³-hybridized carbons (Fsp3) is 0.370. The highest BCUT2D eigenvalue weighted by Crippen LogP contribution is 2.32. The van der Waals surface area contributed by atoms with Crippen molar-refractivity contribution in [3.63, 3.8) is 0 Å². The Labute approximate surface area is 216 Å². The van der Waals surface area contributed by atoms with E-state index >= 15 is 0 Å². The molecule has 1 atom stereocenters. The number of carbonyl (C=O) groups excluding carboxylic acids is 1. The quantitative estimate of drug-likeness (QED) is 0.550. The Balaban J connectivity index is 1.49. The molecular formula is C27H30N8O2. The summed E-state index contributed by atoms with van der Waals surface area (Å²) in [5, 5.41) is 14.7. The molecule has 0 unspecified atom stereocenters. The predicted octanol–water partition coefficient (Wildman–Crippen LogP) is 3.34. The van der Waals surface area contributed by atoms with Crippen LogP contribution < -0.4 is 20.4 Å². The number of anilines is 3. The Morgan fingerprint density at radius 1 is 1.19 bits per heavy atom. The number of urea groups is 1. The zero-order valence-electron chi connectivity index (χ0n) is 21.1. The summed E-state index contributed by atoms with van der Waals surface area (Å²) < 4.78 is 5.68. The van der Waals surface area contributed by atoms with Crippen LogP contribution in [0.1, 0.15) is 30.7 Å². The van der Waals surface area contributed by atoms with Gasteiger partial charge in [0, 0.05) is 42.6 Å². The monoisotopic (exact) mass is 498 g/mol. The minimum Gasteiger partial charge on any atom is -0.377 e. The lowest BCUT2D eigenvalue weighted by Crippen LogP contribution is -2.45. The van der Waals surface area contributed by atoms with Gasteiger partial charge in [0.25, 0.3) is 0 Å². The van der Waals surface area contributed by atoms with E-state index in [9.17, 15) is 4.79 Å². The summed E-state index contributed by atoms with van der Waals surface area (Å²) in [6.07, 6.45) is 2.40. The van der Waals surface area contributed by atoms with Crippen molar-refractivity contribution in [3.05, 3.63) is 59.4 Å². The number of aromatic nitrogens is 3. The van der Waals surface area contributed by atoms with Gasteiger partial charge in [-0.15, -0.1) is 0 Å². The topological polar surface area (TPSA) is 119 Å². The Bertz CT molecular complexity index is 1300. The van der Waals surface area contributed by atoms with Crippen molar-refractivity contribution in [3.8, 4) is 17.5 Å². The number of benzene rings is 1. The number of hydrogen-bond donors (Lipinski definition) is 2. The molecule has 5 rings (SSSR count). The Morgan fingerprint density at radius 2 is 2.03 bits per heavy atom. The van der Waals surface area contributed by atoms with Crippen LogP contribution in [0.25, 0.3) is 11.4 Å². The second kappa shape index (κ2) is 10.8. The van der Waals surface area contributed by atoms with Crippen molar-refractivity contribution < 1.29 is 9.53 Å². The number of hydrogen-bond acceptors (Lipinski definition) is 8. The highest BCUT2D eigenvalue weighted by atomic mass is 16.5. The number of nitrogens with one attached hydrogen (secondary N) is 2. The van der Waals surface area contributed by atoms with Gasteiger partial charge in [-0.1, -0.05) is 0 Å². The average Bonchev–Trinajstić information content (AvgIpc) is 2.93. The van der Waals surface area contributed by atoms with E-state index in [1.54, 1.807) is 12.3 Å². The van der Waals surface area contributed by atoms with Crippen LogP contribution in [0.3, 0.4) is 0 Å². The first kappa shape index (κ1) is 24.5. The minimum absolute atomic E-state index is 0.211. The fourth-order valence-electron chi connectivity index (χ4n) is 4.69. The first-order chi connectivity index (χ1) is 18.1. The molecule has 0 spiro atoms. The molecule has 0 aliphatic carbocycles. The molecule has 0 radical (unpaired) electrons. The third-order valence-electron chi connectivity index (χ3n) is 6.62. The largest absolute Gasteiger partial charge is 0.377 e. The van der Waals surface area contributed by atoms with Crippen LogP contribution in [0.5, 0.6) is 0 Å². The molecule has 0 saturated carbocycles. The number of fused-ring (bicyclic) bond motifs is 1. The lowest BCUT2D eigenvalue weighted by Gasteiger charge is -2.38. The van der Waals surface area contributed by atoms with E-state index in [4.69, 9.17) is 20.0 Å². The lowest BCUT2D eigenvalue weighted by molar-refractivity contribution is 0.0984. The fourth-order valence-corrected chi connectivity index (χ4v) is 4.69. The zero-order valence-corrected chi connectivity index (χ0v) is 21.1. The third-order valence-corrected chi connectivity index (χ3v) is 6.62. The molecule has 0 bridgehead atoms. The van der Waals surface area contributed by atoms with Gasteiger partial charge in [-0.05, 0) is 56.7 Å². The number of rotatable bonds is 5. The van der Waals surface area contributed by atoms with Gasteiger partial charge in [-0.2, -0.15) is 5.26 Å². The van der Waals surface area contributed by atoms with Crippen LogP contribution in [0.4, 0.5) is 22.1 Å². The number of carbonyl (C=O) groups is 1. The van der Waals surface area contributed by atoms with Gasteiger partial charge in [-0.3, -0.25) is 0 Å². The van der Waals surface area contributed by atoms with E-state index in [0.29, 0.717) is 43.4 Å². The van der Waals surface area contributed by atoms with E-state index < -0.39 is 0 Å². The first-order valence-electron chi connectivity index (χ1n) is 12.6. The van der Waals surface area contributed by atoms with E-state index in [2.05, 4.69) is 38.4 Å². The number of ether oxygens (including phenoxy) is 1. The molecule has 2 N–H and O–H groups in total. The summed E-state index contributed by atoms with van der Waals surface area (Å²) in [5.74, 6) is 2.44. The summed E-state index contributed by atoms with van der Waals surface area (Å²) in [6, 6.07) is 13.4. The highest BCUT2D eigenvalue weighted by molar-refractivity contribution is 5.89. The molecule has 2 aliphatic heterocycles. The van der Waals surface area contributed by atoms with E-state index in [0.717, 1.165) is 48.0 Å². The van der Waals surface area contributed by atoms with Crippen molar-refractivity contribution in [2.75, 3.05) is 48.0 Å². The molecule has 2 aromatic heterocycles. The summed E-state index contributed by atoms with van der Waals surface area (Å²) in [6.45, 7) is 8.10. The standard InChI is InChI=1S/C27H30N8O2/c1-3-29-27(36)31-21-7-5-20(6-8-21)25-32-23-16-34(24-9-4-19(14-28)15-30-24)11-10-22(23)26(33-25)35-12-13-37-17-18(35)2/h4-9,15,18H,3,10-13,16-17H2,1-2H3,(H2,29,31,36)/t18-/m0/s1. The number of amides is 2. The Hall–Kier alpha value is -4.23. The van der Waals surface area contributed by atoms with Gasteiger partial charge in [-0.25, -0.2) is 19.7 Å². The Kier molecular flexibility index (Phi) is 7.14. The van der Waals surface area contributed by atoms with Gasteiger partial charge in [0.2, 0.25) is 0 Å². The molecule has 1 saturated heterocycles. The number of morpholine rings is 1. The van der Waals surface area contributed by atoms with Crippen molar-refractivity contribution in [1.29, 1.82) is 5.26 Å². The molecule has 37 heavy (non-hydrogen) atoms. The minimum atomic E-state index is -0.236. The smallest absolute Gasteiger partial charge is 0.319 e. The van der Waals surface area contributed by atoms with Crippen molar-refractivity contribution in [1.82, 2.24) is 20.3 Å². The molecule has 190 valence electrons. The van der Waals surface area contributed by atoms with Crippen molar-refractivity contribution in [2.24, 2.45) is 0 Å². The van der Waals surface area contributed by atoms with Crippen LogP contribution in [0, 0.1) is 11.3 Å². The maximum Gasteiger partial charge on any atom is 0.319 e. The molecule has 1 fully saturated rings. The van der Waals surface area contributed by atoms with Crippen LogP contribution >= 0.6 is 0 Å². The third kappa shape index (κ3) is 5.32. The summed E-state index contributed by atoms with van der Waals surface area (Å²) >= 11 is 0. The Morgan fingerprint density at radius 3 is 2.73 bits per heavy atom. The van der Waals surface area contributed by atoms with Gasteiger partial charge in [0.15, 0.2) is 5.82 Å². The number of pyridine rings is 1. The summed E-state index contributed by atoms with van der Waals surface area (Å²) in [5.41, 5.74) is 4.25. The van der Waals surface area contributed by atoms with Crippen molar-refractivity contribution in [2.45, 2.75) is 32.9 Å². The van der Waals surface area contributed by atoms with Gasteiger partial charge in [0.1, 0.15) is 17.7 Å². The summed E-state index contributed by atoms with van der Waals surface area (Å²) in [4.78, 5) is 30.9. The highest BCUT2D eigenvalue weighted by Gasteiger charge is 2.29. The normalized spacial score (nSPS) is 17.1. The van der Waals surface area contributed by atoms with Gasteiger partial charge >= 0.3 is 6.03 Å². The van der Waals surface area contributed by atoms with Gasteiger partial charge < -0.3 is 25.2 Å². The number of nitrogens with zero attached hydrogens (tertiary/aromatic N) is 6. The van der Waals surface area contributed by atoms with Crippen LogP contribution in [0.15, 0.2) is 42.6 Å². The maximum absolute atomic E-state index is 11.9. The van der Waals surface area contributed by atoms with Crippen LogP contribution in [-0.2, 0) is 17.7 Å².